The Morgan fingerprint density at radius 3 is 2.00 bits per heavy atom. The van der Waals surface area contributed by atoms with Gasteiger partial charge < -0.3 is 4.74 Å². The van der Waals surface area contributed by atoms with Crippen LogP contribution in [-0.2, 0) is 9.53 Å². The predicted octanol–water partition coefficient (Wildman–Crippen LogP) is 2.77. The van der Waals surface area contributed by atoms with Crippen LogP contribution in [0.2, 0.25) is 0 Å². The van der Waals surface area contributed by atoms with E-state index >= 15 is 0 Å². The maximum atomic E-state index is 11.5. The van der Waals surface area contributed by atoms with E-state index in [0.29, 0.717) is 6.61 Å². The van der Waals surface area contributed by atoms with Crippen molar-refractivity contribution in [2.75, 3.05) is 6.61 Å². The van der Waals surface area contributed by atoms with Crippen LogP contribution in [0.25, 0.3) is 0 Å². The van der Waals surface area contributed by atoms with Gasteiger partial charge in [0, 0.05) is 0 Å². The minimum absolute atomic E-state index is 0.0433. The molecule has 2 nitrogen and oxygen atoms in total. The van der Waals surface area contributed by atoms with Crippen molar-refractivity contribution in [2.24, 2.45) is 17.8 Å². The van der Waals surface area contributed by atoms with E-state index < -0.39 is 0 Å². The first-order valence-corrected chi connectivity index (χ1v) is 5.98. The SMILES string of the molecule is CCOC(=O)C1CCC(C2CC2)CC1. The number of ether oxygens (including phenoxy) is 1. The molecule has 0 aromatic carbocycles. The van der Waals surface area contributed by atoms with E-state index in [4.69, 9.17) is 4.74 Å². The highest BCUT2D eigenvalue weighted by Gasteiger charge is 2.35. The summed E-state index contributed by atoms with van der Waals surface area (Å²) < 4.78 is 5.05. The number of carbonyl (C=O) groups excluding carboxylic acids is 1. The Labute approximate surface area is 86.0 Å². The van der Waals surface area contributed by atoms with Crippen LogP contribution >= 0.6 is 0 Å². The van der Waals surface area contributed by atoms with E-state index in [1.165, 1.54) is 25.7 Å². The van der Waals surface area contributed by atoms with Gasteiger partial charge in [0.25, 0.3) is 0 Å². The lowest BCUT2D eigenvalue weighted by Crippen LogP contribution is -2.24. The molecule has 0 N–H and O–H groups in total. The van der Waals surface area contributed by atoms with E-state index in [9.17, 15) is 4.79 Å². The van der Waals surface area contributed by atoms with Crippen molar-refractivity contribution >= 4 is 5.97 Å². The average Bonchev–Trinajstić information content (AvgIpc) is 3.02. The van der Waals surface area contributed by atoms with Gasteiger partial charge in [-0.2, -0.15) is 0 Å². The molecule has 0 bridgehead atoms. The fraction of sp³-hybridized carbons (Fsp3) is 0.917. The first kappa shape index (κ1) is 10.0. The lowest BCUT2D eigenvalue weighted by atomic mass is 9.80. The molecule has 0 heterocycles. The fourth-order valence-electron chi connectivity index (χ4n) is 2.65. The molecule has 2 saturated carbocycles. The average molecular weight is 196 g/mol. The third kappa shape index (κ3) is 2.28. The van der Waals surface area contributed by atoms with Crippen LogP contribution in [0, 0.1) is 17.8 Å². The highest BCUT2D eigenvalue weighted by Crippen LogP contribution is 2.45. The minimum Gasteiger partial charge on any atom is -0.466 e. The van der Waals surface area contributed by atoms with Crippen LogP contribution in [-0.4, -0.2) is 12.6 Å². The molecule has 0 aliphatic heterocycles. The number of esters is 1. The van der Waals surface area contributed by atoms with E-state index in [-0.39, 0.29) is 11.9 Å². The normalized spacial score (nSPS) is 32.6. The molecule has 0 unspecified atom stereocenters. The van der Waals surface area contributed by atoms with Crippen LogP contribution in [0.5, 0.6) is 0 Å². The Morgan fingerprint density at radius 1 is 1.07 bits per heavy atom. The summed E-state index contributed by atoms with van der Waals surface area (Å²) in [6.45, 7) is 2.41. The second-order valence-corrected chi connectivity index (χ2v) is 4.70. The van der Waals surface area contributed by atoms with Crippen molar-refractivity contribution in [1.29, 1.82) is 0 Å². The van der Waals surface area contributed by atoms with Crippen molar-refractivity contribution < 1.29 is 9.53 Å². The number of hydrogen-bond acceptors (Lipinski definition) is 2. The molecule has 2 fully saturated rings. The van der Waals surface area contributed by atoms with Gasteiger partial charge in [0.15, 0.2) is 0 Å². The number of hydrogen-bond donors (Lipinski definition) is 0. The molecule has 14 heavy (non-hydrogen) atoms. The van der Waals surface area contributed by atoms with Crippen molar-refractivity contribution in [2.45, 2.75) is 45.4 Å². The lowest BCUT2D eigenvalue weighted by molar-refractivity contribution is -0.149. The summed E-state index contributed by atoms with van der Waals surface area (Å²) in [7, 11) is 0. The van der Waals surface area contributed by atoms with Crippen molar-refractivity contribution in [1.82, 2.24) is 0 Å². The lowest BCUT2D eigenvalue weighted by Gasteiger charge is -2.26. The summed E-state index contributed by atoms with van der Waals surface area (Å²) in [6, 6.07) is 0. The summed E-state index contributed by atoms with van der Waals surface area (Å²) in [5, 5.41) is 0. The number of rotatable bonds is 3. The van der Waals surface area contributed by atoms with Gasteiger partial charge in [0.2, 0.25) is 0 Å². The second-order valence-electron chi connectivity index (χ2n) is 4.70. The standard InChI is InChI=1S/C12H20O2/c1-2-14-12(13)11-7-5-10(6-8-11)9-3-4-9/h9-11H,2-8H2,1H3. The van der Waals surface area contributed by atoms with Gasteiger partial charge in [-0.1, -0.05) is 0 Å². The van der Waals surface area contributed by atoms with Crippen molar-refractivity contribution in [3.63, 3.8) is 0 Å². The quantitative estimate of drug-likeness (QED) is 0.649. The zero-order valence-electron chi connectivity index (χ0n) is 9.00. The van der Waals surface area contributed by atoms with Crippen LogP contribution < -0.4 is 0 Å². The van der Waals surface area contributed by atoms with Crippen LogP contribution in [0.3, 0.4) is 0 Å². The van der Waals surface area contributed by atoms with Crippen LogP contribution in [0.15, 0.2) is 0 Å². The topological polar surface area (TPSA) is 26.3 Å². The molecular weight excluding hydrogens is 176 g/mol. The Bertz CT molecular complexity index is 200. The van der Waals surface area contributed by atoms with Gasteiger partial charge in [0.05, 0.1) is 12.5 Å². The zero-order valence-corrected chi connectivity index (χ0v) is 9.00. The van der Waals surface area contributed by atoms with Crippen LogP contribution in [0.4, 0.5) is 0 Å². The highest BCUT2D eigenvalue weighted by atomic mass is 16.5. The van der Waals surface area contributed by atoms with Gasteiger partial charge >= 0.3 is 5.97 Å². The van der Waals surface area contributed by atoms with Gasteiger partial charge in [0.1, 0.15) is 0 Å². The van der Waals surface area contributed by atoms with E-state index in [1.807, 2.05) is 6.92 Å². The molecule has 0 aromatic heterocycles. The van der Waals surface area contributed by atoms with E-state index in [0.717, 1.165) is 24.7 Å². The monoisotopic (exact) mass is 196 g/mol. The highest BCUT2D eigenvalue weighted by molar-refractivity contribution is 5.72. The Hall–Kier alpha value is -0.530. The summed E-state index contributed by atoms with van der Waals surface area (Å²) in [4.78, 5) is 11.5. The maximum absolute atomic E-state index is 11.5. The first-order chi connectivity index (χ1) is 6.81. The van der Waals surface area contributed by atoms with Gasteiger partial charge in [-0.3, -0.25) is 4.79 Å². The molecule has 0 saturated heterocycles. The molecule has 2 aliphatic carbocycles. The fourth-order valence-corrected chi connectivity index (χ4v) is 2.65. The molecular formula is C12H20O2. The summed E-state index contributed by atoms with van der Waals surface area (Å²) >= 11 is 0. The Balaban J connectivity index is 1.74. The van der Waals surface area contributed by atoms with E-state index in [1.54, 1.807) is 0 Å². The van der Waals surface area contributed by atoms with E-state index in [2.05, 4.69) is 0 Å². The second kappa shape index (κ2) is 4.33. The third-order valence-corrected chi connectivity index (χ3v) is 3.68. The molecule has 80 valence electrons. The molecule has 0 amide bonds. The minimum atomic E-state index is 0.0433. The van der Waals surface area contributed by atoms with Gasteiger partial charge in [-0.15, -0.1) is 0 Å². The third-order valence-electron chi connectivity index (χ3n) is 3.68. The molecule has 0 spiro atoms. The Kier molecular flexibility index (Phi) is 3.09. The predicted molar refractivity (Wildman–Crippen MR) is 54.8 cm³/mol. The van der Waals surface area contributed by atoms with Crippen molar-refractivity contribution in [3.05, 3.63) is 0 Å². The molecule has 2 rings (SSSR count). The molecule has 2 aliphatic rings. The summed E-state index contributed by atoms with van der Waals surface area (Å²) in [5.74, 6) is 2.20. The summed E-state index contributed by atoms with van der Waals surface area (Å²) in [5.41, 5.74) is 0. The van der Waals surface area contributed by atoms with Crippen molar-refractivity contribution in [3.8, 4) is 0 Å². The maximum Gasteiger partial charge on any atom is 0.308 e. The number of carbonyl (C=O) groups is 1. The molecule has 0 radical (unpaired) electrons. The largest absolute Gasteiger partial charge is 0.466 e. The first-order valence-electron chi connectivity index (χ1n) is 5.98. The van der Waals surface area contributed by atoms with Gasteiger partial charge in [-0.25, -0.2) is 0 Å². The molecule has 0 aromatic rings. The summed E-state index contributed by atoms with van der Waals surface area (Å²) in [6.07, 6.45) is 7.53. The van der Waals surface area contributed by atoms with Gasteiger partial charge in [-0.05, 0) is 57.3 Å². The zero-order chi connectivity index (χ0) is 9.97. The Morgan fingerprint density at radius 2 is 1.57 bits per heavy atom. The molecule has 0 atom stereocenters. The van der Waals surface area contributed by atoms with Crippen LogP contribution in [0.1, 0.15) is 45.4 Å². The smallest absolute Gasteiger partial charge is 0.308 e. The molecule has 2 heteroatoms.